The molecule has 1 aliphatic heterocycles. The molecule has 162 valence electrons. The van der Waals surface area contributed by atoms with E-state index >= 15 is 0 Å². The standard InChI is InChI=1S/C22H29N3O4S/c1-22(23)14-17-9-6-8-16(11-17)7-4-5-10-19-12-18(15-29-21(22)26)13-20(24-19)25(2)30(3,27)28/h6,8-9,11-13H,4-5,7,10,14-15,23H2,1-3H3. The number of ether oxygens (including phenoxy) is 1. The summed E-state index contributed by atoms with van der Waals surface area (Å²) in [5, 5.41) is 0. The van der Waals surface area contributed by atoms with Crippen molar-refractivity contribution in [1.82, 2.24) is 4.98 Å². The Labute approximate surface area is 178 Å². The molecule has 0 saturated heterocycles. The van der Waals surface area contributed by atoms with Crippen LogP contribution in [0.2, 0.25) is 0 Å². The minimum Gasteiger partial charge on any atom is -0.459 e. The van der Waals surface area contributed by atoms with Crippen LogP contribution >= 0.6 is 0 Å². The van der Waals surface area contributed by atoms with Gasteiger partial charge >= 0.3 is 5.97 Å². The van der Waals surface area contributed by atoms with Crippen LogP contribution in [0.5, 0.6) is 0 Å². The molecule has 0 saturated carbocycles. The molecule has 7 nitrogen and oxygen atoms in total. The highest BCUT2D eigenvalue weighted by Gasteiger charge is 2.31. The van der Waals surface area contributed by atoms with Crippen LogP contribution in [0, 0.1) is 0 Å². The van der Waals surface area contributed by atoms with Gasteiger partial charge in [-0.1, -0.05) is 24.3 Å². The Morgan fingerprint density at radius 2 is 1.80 bits per heavy atom. The molecule has 1 aliphatic rings. The molecule has 8 heteroatoms. The number of esters is 1. The fourth-order valence-electron chi connectivity index (χ4n) is 3.52. The third-order valence-electron chi connectivity index (χ3n) is 5.29. The van der Waals surface area contributed by atoms with E-state index in [0.29, 0.717) is 24.2 Å². The van der Waals surface area contributed by atoms with E-state index in [1.807, 2.05) is 18.2 Å². The van der Waals surface area contributed by atoms with Gasteiger partial charge in [0.05, 0.1) is 6.26 Å². The summed E-state index contributed by atoms with van der Waals surface area (Å²) in [6.45, 7) is 1.67. The van der Waals surface area contributed by atoms with Gasteiger partial charge in [0.25, 0.3) is 0 Å². The van der Waals surface area contributed by atoms with E-state index in [4.69, 9.17) is 10.5 Å². The van der Waals surface area contributed by atoms with Crippen LogP contribution in [0.3, 0.4) is 0 Å². The number of nitrogens with two attached hydrogens (primary N) is 1. The first-order chi connectivity index (χ1) is 14.0. The molecule has 1 aromatic carbocycles. The largest absolute Gasteiger partial charge is 0.459 e. The van der Waals surface area contributed by atoms with Gasteiger partial charge in [0.2, 0.25) is 10.0 Å². The number of aromatic nitrogens is 1. The minimum atomic E-state index is -3.46. The number of rotatable bonds is 2. The highest BCUT2D eigenvalue weighted by molar-refractivity contribution is 7.92. The molecule has 4 bridgehead atoms. The molecule has 0 aliphatic carbocycles. The number of hydrogen-bond donors (Lipinski definition) is 1. The Balaban J connectivity index is 1.94. The number of anilines is 1. The van der Waals surface area contributed by atoms with Gasteiger partial charge in [-0.3, -0.25) is 9.10 Å². The number of carbonyl (C=O) groups is 1. The summed E-state index contributed by atoms with van der Waals surface area (Å²) in [7, 11) is -2.00. The topological polar surface area (TPSA) is 103 Å². The molecule has 2 N–H and O–H groups in total. The molecule has 30 heavy (non-hydrogen) atoms. The van der Waals surface area contributed by atoms with Crippen LogP contribution in [-0.4, -0.2) is 38.2 Å². The van der Waals surface area contributed by atoms with Crippen LogP contribution < -0.4 is 10.0 Å². The molecule has 0 radical (unpaired) electrons. The molecule has 2 aromatic rings. The predicted molar refractivity (Wildman–Crippen MR) is 117 cm³/mol. The number of sulfonamides is 1. The number of cyclic esters (lactones) is 1. The summed E-state index contributed by atoms with van der Waals surface area (Å²) < 4.78 is 30.6. The van der Waals surface area contributed by atoms with Gasteiger partial charge in [-0.2, -0.15) is 0 Å². The summed E-state index contributed by atoms with van der Waals surface area (Å²) in [5.41, 5.74) is 8.78. The van der Waals surface area contributed by atoms with Crippen molar-refractivity contribution in [2.45, 2.75) is 51.2 Å². The maximum atomic E-state index is 12.7. The zero-order chi connectivity index (χ0) is 21.9. The highest BCUT2D eigenvalue weighted by atomic mass is 32.2. The van der Waals surface area contributed by atoms with Crippen LogP contribution in [0.1, 0.15) is 42.1 Å². The fourth-order valence-corrected chi connectivity index (χ4v) is 3.95. The molecule has 0 spiro atoms. The van der Waals surface area contributed by atoms with Crippen LogP contribution in [0.15, 0.2) is 36.4 Å². The molecule has 1 aromatic heterocycles. The van der Waals surface area contributed by atoms with Gasteiger partial charge in [-0.05, 0) is 61.4 Å². The van der Waals surface area contributed by atoms with Gasteiger partial charge in [-0.25, -0.2) is 13.4 Å². The molecule has 0 amide bonds. The van der Waals surface area contributed by atoms with Crippen molar-refractivity contribution in [1.29, 1.82) is 0 Å². The third-order valence-corrected chi connectivity index (χ3v) is 6.47. The first kappa shape index (κ1) is 22.2. The Kier molecular flexibility index (Phi) is 6.47. The molecule has 0 fully saturated rings. The molecule has 3 rings (SSSR count). The van der Waals surface area contributed by atoms with Crippen LogP contribution in [0.25, 0.3) is 0 Å². The SMILES string of the molecule is CN(c1cc2cc(n1)CCCCc1cccc(c1)CC(C)(N)C(=O)OC2)S(C)(=O)=O. The van der Waals surface area contributed by atoms with E-state index in [2.05, 4.69) is 17.1 Å². The van der Waals surface area contributed by atoms with E-state index in [-0.39, 0.29) is 6.61 Å². The van der Waals surface area contributed by atoms with Crippen molar-refractivity contribution in [3.63, 3.8) is 0 Å². The van der Waals surface area contributed by atoms with Gasteiger partial charge < -0.3 is 10.5 Å². The quantitative estimate of drug-likeness (QED) is 0.733. The predicted octanol–water partition coefficient (Wildman–Crippen LogP) is 2.36. The third kappa shape index (κ3) is 5.58. The highest BCUT2D eigenvalue weighted by Crippen LogP contribution is 2.21. The summed E-state index contributed by atoms with van der Waals surface area (Å²) in [5.74, 6) is -0.188. The Morgan fingerprint density at radius 3 is 2.53 bits per heavy atom. The van der Waals surface area contributed by atoms with Gasteiger partial charge in [0.15, 0.2) is 0 Å². The first-order valence-electron chi connectivity index (χ1n) is 10.0. The lowest BCUT2D eigenvalue weighted by Gasteiger charge is -2.23. The summed E-state index contributed by atoms with van der Waals surface area (Å²) in [6.07, 6.45) is 5.02. The Morgan fingerprint density at radius 1 is 1.10 bits per heavy atom. The molecule has 1 unspecified atom stereocenters. The van der Waals surface area contributed by atoms with Crippen molar-refractivity contribution in [3.05, 3.63) is 58.8 Å². The fraction of sp³-hybridized carbons (Fsp3) is 0.455. The number of pyridine rings is 1. The molecular weight excluding hydrogens is 402 g/mol. The van der Waals surface area contributed by atoms with Gasteiger partial charge in [0, 0.05) is 19.2 Å². The maximum absolute atomic E-state index is 12.7. The van der Waals surface area contributed by atoms with Crippen molar-refractivity contribution < 1.29 is 17.9 Å². The zero-order valence-corrected chi connectivity index (χ0v) is 18.5. The van der Waals surface area contributed by atoms with Crippen LogP contribution in [-0.2, 0) is 45.4 Å². The zero-order valence-electron chi connectivity index (χ0n) is 17.7. The van der Waals surface area contributed by atoms with Crippen molar-refractivity contribution in [2.24, 2.45) is 5.73 Å². The second-order valence-electron chi connectivity index (χ2n) is 8.25. The first-order valence-corrected chi connectivity index (χ1v) is 11.9. The smallest absolute Gasteiger partial charge is 0.326 e. The molecule has 2 heterocycles. The number of aryl methyl sites for hydroxylation is 2. The number of hydrogen-bond acceptors (Lipinski definition) is 6. The second-order valence-corrected chi connectivity index (χ2v) is 10.3. The van der Waals surface area contributed by atoms with Crippen molar-refractivity contribution in [2.75, 3.05) is 17.6 Å². The van der Waals surface area contributed by atoms with Gasteiger partial charge in [0.1, 0.15) is 18.0 Å². The summed E-state index contributed by atoms with van der Waals surface area (Å²) in [4.78, 5) is 17.2. The average molecular weight is 432 g/mol. The monoisotopic (exact) mass is 431 g/mol. The van der Waals surface area contributed by atoms with Crippen molar-refractivity contribution in [3.8, 4) is 0 Å². The van der Waals surface area contributed by atoms with E-state index in [1.54, 1.807) is 13.0 Å². The number of nitrogens with zero attached hydrogens (tertiary/aromatic N) is 2. The summed E-state index contributed by atoms with van der Waals surface area (Å²) in [6, 6.07) is 11.6. The van der Waals surface area contributed by atoms with E-state index < -0.39 is 21.5 Å². The van der Waals surface area contributed by atoms with Gasteiger partial charge in [-0.15, -0.1) is 0 Å². The Hall–Kier alpha value is -2.45. The number of fused-ring (bicyclic) bond motifs is 4. The number of benzene rings is 1. The minimum absolute atomic E-state index is 0.00574. The van der Waals surface area contributed by atoms with E-state index in [9.17, 15) is 13.2 Å². The average Bonchev–Trinajstić information content (AvgIpc) is 2.67. The van der Waals surface area contributed by atoms with Crippen molar-refractivity contribution >= 4 is 21.8 Å². The number of carbonyl (C=O) groups excluding carboxylic acids is 1. The lowest BCUT2D eigenvalue weighted by Crippen LogP contribution is -2.48. The normalized spacial score (nSPS) is 20.6. The maximum Gasteiger partial charge on any atom is 0.326 e. The molecule has 1 atom stereocenters. The Bertz CT molecular complexity index is 1030. The van der Waals surface area contributed by atoms with E-state index in [1.165, 1.54) is 12.6 Å². The van der Waals surface area contributed by atoms with Crippen LogP contribution in [0.4, 0.5) is 5.82 Å². The van der Waals surface area contributed by atoms with E-state index in [0.717, 1.165) is 41.1 Å². The lowest BCUT2D eigenvalue weighted by atomic mass is 9.92. The molecular formula is C22H29N3O4S. The lowest BCUT2D eigenvalue weighted by molar-refractivity contribution is -0.150. The summed E-state index contributed by atoms with van der Waals surface area (Å²) >= 11 is 0. The second kappa shape index (κ2) is 8.73.